The van der Waals surface area contributed by atoms with Gasteiger partial charge in [-0.05, 0) is 29.8 Å². The Morgan fingerprint density at radius 2 is 1.76 bits per heavy atom. The van der Waals surface area contributed by atoms with E-state index in [0.717, 1.165) is 5.56 Å². The molecule has 1 heterocycles. The van der Waals surface area contributed by atoms with E-state index in [1.54, 1.807) is 24.3 Å². The van der Waals surface area contributed by atoms with Crippen LogP contribution in [-0.2, 0) is 6.54 Å². The highest BCUT2D eigenvalue weighted by molar-refractivity contribution is 5.94. The maximum atomic E-state index is 12.2. The second-order valence-corrected chi connectivity index (χ2v) is 5.62. The highest BCUT2D eigenvalue weighted by Gasteiger charge is 2.21. The fourth-order valence-corrected chi connectivity index (χ4v) is 2.44. The Bertz CT molecular complexity index is 761. The number of nitrogens with two attached hydrogens (primary N) is 1. The van der Waals surface area contributed by atoms with Crippen molar-refractivity contribution < 1.29 is 19.1 Å². The lowest BCUT2D eigenvalue weighted by molar-refractivity contribution is 0.0789. The predicted molar refractivity (Wildman–Crippen MR) is 91.6 cm³/mol. The minimum Gasteiger partial charge on any atom is -0.486 e. The minimum atomic E-state index is -0.585. The van der Waals surface area contributed by atoms with Crippen LogP contribution in [0, 0.1) is 0 Å². The van der Waals surface area contributed by atoms with Crippen LogP contribution in [0.15, 0.2) is 48.5 Å². The summed E-state index contributed by atoms with van der Waals surface area (Å²) in [6.07, 6.45) is -0.238. The number of primary amides is 1. The van der Waals surface area contributed by atoms with Gasteiger partial charge in [-0.15, -0.1) is 0 Å². The van der Waals surface area contributed by atoms with Gasteiger partial charge in [0, 0.05) is 12.1 Å². The van der Waals surface area contributed by atoms with Crippen molar-refractivity contribution in [3.05, 3.63) is 59.7 Å². The van der Waals surface area contributed by atoms with Gasteiger partial charge >= 0.3 is 6.03 Å². The number of benzene rings is 2. The van der Waals surface area contributed by atoms with Crippen molar-refractivity contribution in [2.75, 3.05) is 13.2 Å². The van der Waals surface area contributed by atoms with Crippen LogP contribution in [0.4, 0.5) is 4.79 Å². The SMILES string of the molecule is NC(=O)NCc1ccc(C(=O)NC[C@@H]2COc3ccccc3O2)cc1. The molecule has 25 heavy (non-hydrogen) atoms. The van der Waals surface area contributed by atoms with Crippen LogP contribution in [0.1, 0.15) is 15.9 Å². The van der Waals surface area contributed by atoms with E-state index in [9.17, 15) is 9.59 Å². The standard InChI is InChI=1S/C18H19N3O4/c19-18(23)21-9-12-5-7-13(8-6-12)17(22)20-10-14-11-24-15-3-1-2-4-16(15)25-14/h1-8,14H,9-11H2,(H,20,22)(H3,19,21,23)/t14-/m1/s1. The van der Waals surface area contributed by atoms with Gasteiger partial charge in [-0.3, -0.25) is 4.79 Å². The number of amides is 3. The van der Waals surface area contributed by atoms with Gasteiger partial charge in [0.2, 0.25) is 0 Å². The van der Waals surface area contributed by atoms with Gasteiger partial charge in [0.05, 0.1) is 6.54 Å². The molecule has 2 aromatic carbocycles. The molecule has 0 unspecified atom stereocenters. The van der Waals surface area contributed by atoms with Crippen LogP contribution in [0.3, 0.4) is 0 Å². The number of fused-ring (bicyclic) bond motifs is 1. The molecule has 1 aliphatic rings. The summed E-state index contributed by atoms with van der Waals surface area (Å²) in [6.45, 7) is 1.05. The average Bonchev–Trinajstić information content (AvgIpc) is 2.64. The summed E-state index contributed by atoms with van der Waals surface area (Å²) in [6, 6.07) is 13.8. The zero-order valence-corrected chi connectivity index (χ0v) is 13.5. The molecular weight excluding hydrogens is 322 g/mol. The summed E-state index contributed by atoms with van der Waals surface area (Å²) in [5.74, 6) is 1.20. The van der Waals surface area contributed by atoms with E-state index >= 15 is 0 Å². The van der Waals surface area contributed by atoms with Gasteiger partial charge in [0.1, 0.15) is 12.7 Å². The van der Waals surface area contributed by atoms with Gasteiger partial charge in [0.25, 0.3) is 5.91 Å². The third kappa shape index (κ3) is 4.41. The van der Waals surface area contributed by atoms with Crippen molar-refractivity contribution in [2.24, 2.45) is 5.73 Å². The van der Waals surface area contributed by atoms with E-state index in [-0.39, 0.29) is 12.0 Å². The molecule has 0 fully saturated rings. The van der Waals surface area contributed by atoms with Crippen molar-refractivity contribution in [3.63, 3.8) is 0 Å². The van der Waals surface area contributed by atoms with Gasteiger partial charge < -0.3 is 25.8 Å². The maximum Gasteiger partial charge on any atom is 0.312 e. The molecule has 0 bridgehead atoms. The van der Waals surface area contributed by atoms with Crippen LogP contribution in [0.2, 0.25) is 0 Å². The number of urea groups is 1. The molecule has 0 aliphatic carbocycles. The summed E-state index contributed by atoms with van der Waals surface area (Å²) in [4.78, 5) is 22.9. The molecule has 7 heteroatoms. The second-order valence-electron chi connectivity index (χ2n) is 5.62. The molecule has 130 valence electrons. The summed E-state index contributed by atoms with van der Waals surface area (Å²) in [5, 5.41) is 5.33. The number of hydrogen-bond donors (Lipinski definition) is 3. The molecule has 2 aromatic rings. The smallest absolute Gasteiger partial charge is 0.312 e. The molecule has 0 radical (unpaired) electrons. The Balaban J connectivity index is 1.50. The van der Waals surface area contributed by atoms with Crippen molar-refractivity contribution in [3.8, 4) is 11.5 Å². The molecule has 3 rings (SSSR count). The molecule has 3 amide bonds. The van der Waals surface area contributed by atoms with Gasteiger partial charge in [-0.25, -0.2) is 4.79 Å². The van der Waals surface area contributed by atoms with Crippen molar-refractivity contribution in [2.45, 2.75) is 12.6 Å². The monoisotopic (exact) mass is 341 g/mol. The molecule has 0 saturated heterocycles. The lowest BCUT2D eigenvalue weighted by atomic mass is 10.1. The lowest BCUT2D eigenvalue weighted by Crippen LogP contribution is -2.40. The van der Waals surface area contributed by atoms with E-state index < -0.39 is 6.03 Å². The Labute approximate surface area is 145 Å². The number of rotatable bonds is 5. The minimum absolute atomic E-state index is 0.197. The topological polar surface area (TPSA) is 103 Å². The Hall–Kier alpha value is -3.22. The number of carbonyl (C=O) groups excluding carboxylic acids is 2. The van der Waals surface area contributed by atoms with Crippen molar-refractivity contribution >= 4 is 11.9 Å². The molecule has 1 aliphatic heterocycles. The zero-order valence-electron chi connectivity index (χ0n) is 13.5. The maximum absolute atomic E-state index is 12.2. The number of ether oxygens (including phenoxy) is 2. The lowest BCUT2D eigenvalue weighted by Gasteiger charge is -2.26. The van der Waals surface area contributed by atoms with Crippen LogP contribution in [-0.4, -0.2) is 31.2 Å². The Kier molecular flexibility index (Phi) is 5.03. The quantitative estimate of drug-likeness (QED) is 0.765. The van der Waals surface area contributed by atoms with Crippen LogP contribution < -0.4 is 25.8 Å². The highest BCUT2D eigenvalue weighted by Crippen LogP contribution is 2.30. The van der Waals surface area contributed by atoms with Crippen LogP contribution in [0.5, 0.6) is 11.5 Å². The number of hydrogen-bond acceptors (Lipinski definition) is 4. The predicted octanol–water partition coefficient (Wildman–Crippen LogP) is 1.42. The van der Waals surface area contributed by atoms with Crippen LogP contribution in [0.25, 0.3) is 0 Å². The van der Waals surface area contributed by atoms with E-state index in [0.29, 0.717) is 36.8 Å². The summed E-state index contributed by atoms with van der Waals surface area (Å²) in [7, 11) is 0. The molecule has 0 saturated carbocycles. The third-order valence-corrected chi connectivity index (χ3v) is 3.74. The Morgan fingerprint density at radius 3 is 2.48 bits per heavy atom. The van der Waals surface area contributed by atoms with Gasteiger partial charge in [0.15, 0.2) is 11.5 Å². The Morgan fingerprint density at radius 1 is 1.04 bits per heavy atom. The first-order valence-electron chi connectivity index (χ1n) is 7.91. The normalized spacial score (nSPS) is 15.3. The van der Waals surface area contributed by atoms with E-state index in [2.05, 4.69) is 10.6 Å². The molecule has 4 N–H and O–H groups in total. The van der Waals surface area contributed by atoms with E-state index in [1.807, 2.05) is 24.3 Å². The number of para-hydroxylation sites is 2. The first kappa shape index (κ1) is 16.6. The fraction of sp³-hybridized carbons (Fsp3) is 0.222. The number of nitrogens with one attached hydrogen (secondary N) is 2. The molecule has 7 nitrogen and oxygen atoms in total. The molecule has 0 spiro atoms. The van der Waals surface area contributed by atoms with Gasteiger partial charge in [-0.1, -0.05) is 24.3 Å². The van der Waals surface area contributed by atoms with E-state index in [1.165, 1.54) is 0 Å². The average molecular weight is 341 g/mol. The molecular formula is C18H19N3O4. The molecule has 0 aromatic heterocycles. The van der Waals surface area contributed by atoms with Gasteiger partial charge in [-0.2, -0.15) is 0 Å². The highest BCUT2D eigenvalue weighted by atomic mass is 16.6. The van der Waals surface area contributed by atoms with E-state index in [4.69, 9.17) is 15.2 Å². The third-order valence-electron chi connectivity index (χ3n) is 3.74. The van der Waals surface area contributed by atoms with Crippen molar-refractivity contribution in [1.29, 1.82) is 0 Å². The first-order valence-corrected chi connectivity index (χ1v) is 7.91. The second kappa shape index (κ2) is 7.57. The summed E-state index contributed by atoms with van der Waals surface area (Å²) < 4.78 is 11.4. The fourth-order valence-electron chi connectivity index (χ4n) is 2.44. The van der Waals surface area contributed by atoms with Crippen molar-refractivity contribution in [1.82, 2.24) is 10.6 Å². The molecule has 1 atom stereocenters. The largest absolute Gasteiger partial charge is 0.486 e. The zero-order chi connectivity index (χ0) is 17.6. The first-order chi connectivity index (χ1) is 12.1. The van der Waals surface area contributed by atoms with Crippen LogP contribution >= 0.6 is 0 Å². The summed E-state index contributed by atoms with van der Waals surface area (Å²) in [5.41, 5.74) is 6.41. The number of carbonyl (C=O) groups is 2. The summed E-state index contributed by atoms with van der Waals surface area (Å²) >= 11 is 0.